The maximum absolute atomic E-state index is 12.0. The molecule has 4 rings (SSSR count). The van der Waals surface area contributed by atoms with Gasteiger partial charge in [0.15, 0.2) is 0 Å². The fourth-order valence-corrected chi connectivity index (χ4v) is 4.10. The van der Waals surface area contributed by atoms with Crippen LogP contribution in [0.3, 0.4) is 0 Å². The van der Waals surface area contributed by atoms with Gasteiger partial charge in [-0.25, -0.2) is 0 Å². The number of Topliss-reactive ketones (excluding diaryl/α,β-unsaturated/α-hetero) is 1. The lowest BCUT2D eigenvalue weighted by Crippen LogP contribution is -2.60. The summed E-state index contributed by atoms with van der Waals surface area (Å²) in [4.78, 5) is 23.8. The SMILES string of the molecule is COC(=O)[C@H]1[C@@H]2C[C@H]3C[C@@H](C2)[C@H](O)[C@@H]1C3=O. The maximum Gasteiger partial charge on any atom is 0.309 e. The molecule has 0 aromatic carbocycles. The summed E-state index contributed by atoms with van der Waals surface area (Å²) in [5.41, 5.74) is 0. The minimum absolute atomic E-state index is 0.0927. The number of methoxy groups -OCH3 is 1. The molecule has 0 saturated heterocycles. The minimum Gasteiger partial charge on any atom is -0.469 e. The zero-order chi connectivity index (χ0) is 11.4. The molecule has 0 aliphatic heterocycles. The molecule has 0 spiro atoms. The van der Waals surface area contributed by atoms with Gasteiger partial charge in [0, 0.05) is 5.92 Å². The number of aliphatic hydroxyl groups excluding tert-OH is 1. The van der Waals surface area contributed by atoms with E-state index >= 15 is 0 Å². The van der Waals surface area contributed by atoms with Crippen LogP contribution in [0.2, 0.25) is 0 Å². The number of esters is 1. The highest BCUT2D eigenvalue weighted by atomic mass is 16.5. The van der Waals surface area contributed by atoms with Crippen molar-refractivity contribution in [1.29, 1.82) is 0 Å². The van der Waals surface area contributed by atoms with Crippen molar-refractivity contribution in [3.05, 3.63) is 0 Å². The Hall–Kier alpha value is -0.900. The van der Waals surface area contributed by atoms with Gasteiger partial charge in [-0.1, -0.05) is 0 Å². The van der Waals surface area contributed by atoms with E-state index in [-0.39, 0.29) is 35.4 Å². The third-order valence-corrected chi connectivity index (χ3v) is 4.73. The number of ketones is 1. The molecule has 0 aromatic heterocycles. The van der Waals surface area contributed by atoms with Crippen molar-refractivity contribution in [2.75, 3.05) is 7.11 Å². The van der Waals surface area contributed by atoms with E-state index in [2.05, 4.69) is 0 Å². The van der Waals surface area contributed by atoms with Crippen LogP contribution in [-0.2, 0) is 14.3 Å². The highest BCUT2D eigenvalue weighted by molar-refractivity contribution is 5.91. The van der Waals surface area contributed by atoms with Gasteiger partial charge >= 0.3 is 5.97 Å². The van der Waals surface area contributed by atoms with Crippen LogP contribution in [-0.4, -0.2) is 30.1 Å². The average molecular weight is 224 g/mol. The fraction of sp³-hybridized carbons (Fsp3) is 0.833. The van der Waals surface area contributed by atoms with Crippen LogP contribution in [0.5, 0.6) is 0 Å². The summed E-state index contributed by atoms with van der Waals surface area (Å²) < 4.78 is 4.77. The molecule has 4 heteroatoms. The van der Waals surface area contributed by atoms with Crippen molar-refractivity contribution < 1.29 is 19.4 Å². The van der Waals surface area contributed by atoms with Crippen molar-refractivity contribution in [1.82, 2.24) is 0 Å². The van der Waals surface area contributed by atoms with Gasteiger partial charge in [-0.05, 0) is 31.1 Å². The first-order chi connectivity index (χ1) is 7.63. The van der Waals surface area contributed by atoms with Gasteiger partial charge in [0.2, 0.25) is 0 Å². The van der Waals surface area contributed by atoms with E-state index < -0.39 is 12.0 Å². The molecule has 0 unspecified atom stereocenters. The second-order valence-corrected chi connectivity index (χ2v) is 5.39. The molecule has 6 atom stereocenters. The summed E-state index contributed by atoms with van der Waals surface area (Å²) in [6.07, 6.45) is 1.89. The van der Waals surface area contributed by atoms with Crippen LogP contribution in [0.25, 0.3) is 0 Å². The van der Waals surface area contributed by atoms with Crippen LogP contribution >= 0.6 is 0 Å². The van der Waals surface area contributed by atoms with E-state index in [1.54, 1.807) is 0 Å². The van der Waals surface area contributed by atoms with Crippen molar-refractivity contribution >= 4 is 11.8 Å². The van der Waals surface area contributed by atoms with Gasteiger partial charge in [-0.2, -0.15) is 0 Å². The molecule has 4 bridgehead atoms. The van der Waals surface area contributed by atoms with Gasteiger partial charge < -0.3 is 9.84 Å². The quantitative estimate of drug-likeness (QED) is 0.654. The molecule has 1 N–H and O–H groups in total. The lowest BCUT2D eigenvalue weighted by Gasteiger charge is -2.54. The average Bonchev–Trinajstić information content (AvgIpc) is 2.29. The molecule has 4 aliphatic rings. The van der Waals surface area contributed by atoms with E-state index in [1.165, 1.54) is 7.11 Å². The van der Waals surface area contributed by atoms with E-state index in [0.29, 0.717) is 0 Å². The first-order valence-corrected chi connectivity index (χ1v) is 5.93. The Morgan fingerprint density at radius 1 is 1.31 bits per heavy atom. The van der Waals surface area contributed by atoms with Crippen molar-refractivity contribution in [2.24, 2.45) is 29.6 Å². The van der Waals surface area contributed by atoms with E-state index in [0.717, 1.165) is 19.3 Å². The molecule has 88 valence electrons. The molecular weight excluding hydrogens is 208 g/mol. The molecule has 4 nitrogen and oxygen atoms in total. The van der Waals surface area contributed by atoms with Crippen molar-refractivity contribution in [3.8, 4) is 0 Å². The van der Waals surface area contributed by atoms with E-state index in [9.17, 15) is 14.7 Å². The third kappa shape index (κ3) is 1.14. The molecule has 4 saturated carbocycles. The number of aliphatic hydroxyl groups is 1. The summed E-state index contributed by atoms with van der Waals surface area (Å²) in [6.45, 7) is 0. The molecular formula is C12H16O4. The largest absolute Gasteiger partial charge is 0.469 e. The molecule has 0 amide bonds. The smallest absolute Gasteiger partial charge is 0.309 e. The van der Waals surface area contributed by atoms with Gasteiger partial charge in [-0.3, -0.25) is 9.59 Å². The molecule has 0 radical (unpaired) electrons. The minimum atomic E-state index is -0.621. The predicted molar refractivity (Wildman–Crippen MR) is 54.3 cm³/mol. The topological polar surface area (TPSA) is 63.6 Å². The lowest BCUT2D eigenvalue weighted by molar-refractivity contribution is -0.181. The van der Waals surface area contributed by atoms with Gasteiger partial charge in [0.1, 0.15) is 5.78 Å². The highest BCUT2D eigenvalue weighted by Crippen LogP contribution is 2.55. The Kier molecular flexibility index (Phi) is 2.11. The van der Waals surface area contributed by atoms with Crippen LogP contribution in [0.15, 0.2) is 0 Å². The van der Waals surface area contributed by atoms with Gasteiger partial charge in [-0.15, -0.1) is 0 Å². The second-order valence-electron chi connectivity index (χ2n) is 5.39. The highest BCUT2D eigenvalue weighted by Gasteiger charge is 2.60. The van der Waals surface area contributed by atoms with Crippen molar-refractivity contribution in [3.63, 3.8) is 0 Å². The number of ether oxygens (including phenoxy) is 1. The van der Waals surface area contributed by atoms with Crippen molar-refractivity contribution in [2.45, 2.75) is 25.4 Å². The Balaban J connectivity index is 1.97. The van der Waals surface area contributed by atoms with Crippen LogP contribution in [0.4, 0.5) is 0 Å². The molecule has 4 aliphatic carbocycles. The van der Waals surface area contributed by atoms with E-state index in [1.807, 2.05) is 0 Å². The summed E-state index contributed by atoms with van der Waals surface area (Å²) >= 11 is 0. The Morgan fingerprint density at radius 3 is 2.69 bits per heavy atom. The van der Waals surface area contributed by atoms with Crippen LogP contribution < -0.4 is 0 Å². The molecule has 16 heavy (non-hydrogen) atoms. The number of carbonyl (C=O) groups excluding carboxylic acids is 2. The standard InChI is InChI=1S/C12H16O4/c1-16-12(15)8-5-2-6-4-7(3-5)11(14)9(8)10(6)13/h5-10,13H,2-4H2,1H3/t5-,6+,7-,8-,9+,10-/m0/s1. The van der Waals surface area contributed by atoms with Gasteiger partial charge in [0.25, 0.3) is 0 Å². The zero-order valence-electron chi connectivity index (χ0n) is 9.26. The molecule has 0 heterocycles. The summed E-state index contributed by atoms with van der Waals surface area (Å²) in [5.74, 6) is -0.520. The van der Waals surface area contributed by atoms with Gasteiger partial charge in [0.05, 0.1) is 25.0 Å². The lowest BCUT2D eigenvalue weighted by atomic mass is 9.50. The van der Waals surface area contributed by atoms with E-state index in [4.69, 9.17) is 4.74 Å². The Labute approximate surface area is 94.0 Å². The first-order valence-electron chi connectivity index (χ1n) is 5.93. The van der Waals surface area contributed by atoms with Crippen LogP contribution in [0, 0.1) is 29.6 Å². The normalized spacial score (nSPS) is 49.5. The fourth-order valence-electron chi connectivity index (χ4n) is 4.10. The molecule has 4 fully saturated rings. The first kappa shape index (κ1) is 10.3. The summed E-state index contributed by atoms with van der Waals surface area (Å²) in [7, 11) is 1.35. The third-order valence-electron chi connectivity index (χ3n) is 4.73. The van der Waals surface area contributed by atoms with Crippen LogP contribution in [0.1, 0.15) is 19.3 Å². The predicted octanol–water partition coefficient (Wildman–Crippen LogP) is 0.381. The summed E-state index contributed by atoms with van der Waals surface area (Å²) in [5, 5.41) is 10.1. The number of rotatable bonds is 1. The molecule has 0 aromatic rings. The zero-order valence-corrected chi connectivity index (χ0v) is 9.26. The number of carbonyl (C=O) groups is 2. The number of hydrogen-bond donors (Lipinski definition) is 1. The Bertz CT molecular complexity index is 351. The maximum atomic E-state index is 12.0. The second kappa shape index (κ2) is 3.29. The monoisotopic (exact) mass is 224 g/mol. The summed E-state index contributed by atoms with van der Waals surface area (Å²) in [6, 6.07) is 0. The Morgan fingerprint density at radius 2 is 2.00 bits per heavy atom. The number of hydrogen-bond acceptors (Lipinski definition) is 4.